The van der Waals surface area contributed by atoms with Gasteiger partial charge >= 0.3 is 0 Å². The van der Waals surface area contributed by atoms with Crippen molar-refractivity contribution in [3.63, 3.8) is 0 Å². The van der Waals surface area contributed by atoms with Gasteiger partial charge in [0.15, 0.2) is 0 Å². The summed E-state index contributed by atoms with van der Waals surface area (Å²) in [6.07, 6.45) is 6.68. The molecule has 2 aromatic rings. The van der Waals surface area contributed by atoms with E-state index in [9.17, 15) is 14.9 Å². The summed E-state index contributed by atoms with van der Waals surface area (Å²) in [4.78, 5) is 28.6. The van der Waals surface area contributed by atoms with Gasteiger partial charge < -0.3 is 4.90 Å². The minimum Gasteiger partial charge on any atom is -0.322 e. The number of amides is 1. The fourth-order valence-electron chi connectivity index (χ4n) is 2.46. The quantitative estimate of drug-likeness (QED) is 0.484. The normalized spacial score (nSPS) is 17.3. The molecule has 1 aromatic carbocycles. The van der Waals surface area contributed by atoms with E-state index in [4.69, 9.17) is 0 Å². The molecule has 0 aliphatic carbocycles. The van der Waals surface area contributed by atoms with Gasteiger partial charge in [-0.3, -0.25) is 19.9 Å². The number of hydrogen-bond donors (Lipinski definition) is 0. The van der Waals surface area contributed by atoms with Crippen molar-refractivity contribution >= 4 is 29.4 Å². The standard InChI is InChI=1S/C17H15N3O3S/c21-16(8-5-13-3-6-15(7-4-13)20(22)23)19-10-11-24-17(19)14-2-1-9-18-12-14/h1-9,12,17H,10-11H2. The van der Waals surface area contributed by atoms with Crippen molar-refractivity contribution in [2.75, 3.05) is 12.3 Å². The number of thioether (sulfide) groups is 1. The van der Waals surface area contributed by atoms with Gasteiger partial charge in [-0.2, -0.15) is 0 Å². The fraction of sp³-hybridized carbons (Fsp3) is 0.176. The van der Waals surface area contributed by atoms with Crippen LogP contribution in [0.25, 0.3) is 6.08 Å². The number of nitro groups is 1. The van der Waals surface area contributed by atoms with Crippen LogP contribution in [0, 0.1) is 10.1 Å². The van der Waals surface area contributed by atoms with Gasteiger partial charge in [-0.1, -0.05) is 6.07 Å². The Bertz CT molecular complexity index is 762. The van der Waals surface area contributed by atoms with Crippen LogP contribution in [0.15, 0.2) is 54.9 Å². The van der Waals surface area contributed by atoms with Gasteiger partial charge in [-0.15, -0.1) is 11.8 Å². The predicted molar refractivity (Wildman–Crippen MR) is 93.3 cm³/mol. The molecule has 0 bridgehead atoms. The molecule has 6 nitrogen and oxygen atoms in total. The molecule has 3 rings (SSSR count). The maximum Gasteiger partial charge on any atom is 0.269 e. The van der Waals surface area contributed by atoms with Gasteiger partial charge in [0, 0.05) is 48.5 Å². The summed E-state index contributed by atoms with van der Waals surface area (Å²) in [5.41, 5.74) is 1.79. The van der Waals surface area contributed by atoms with Crippen molar-refractivity contribution in [3.05, 3.63) is 76.1 Å². The number of hydrogen-bond acceptors (Lipinski definition) is 5. The second kappa shape index (κ2) is 7.27. The highest BCUT2D eigenvalue weighted by molar-refractivity contribution is 7.99. The maximum absolute atomic E-state index is 12.5. The van der Waals surface area contributed by atoms with E-state index in [2.05, 4.69) is 4.98 Å². The van der Waals surface area contributed by atoms with Crippen molar-refractivity contribution in [3.8, 4) is 0 Å². The van der Waals surface area contributed by atoms with Crippen LogP contribution in [0.2, 0.25) is 0 Å². The Morgan fingerprint density at radius 1 is 1.33 bits per heavy atom. The zero-order valence-corrected chi connectivity index (χ0v) is 13.6. The molecule has 1 unspecified atom stereocenters. The first kappa shape index (κ1) is 16.2. The van der Waals surface area contributed by atoms with Gasteiger partial charge in [0.25, 0.3) is 5.69 Å². The third-order valence-corrected chi connectivity index (χ3v) is 4.93. The van der Waals surface area contributed by atoms with Gasteiger partial charge in [-0.25, -0.2) is 0 Å². The molecule has 0 N–H and O–H groups in total. The van der Waals surface area contributed by atoms with E-state index in [1.165, 1.54) is 18.2 Å². The molecule has 0 saturated carbocycles. The van der Waals surface area contributed by atoms with Crippen molar-refractivity contribution in [2.24, 2.45) is 0 Å². The van der Waals surface area contributed by atoms with Crippen molar-refractivity contribution in [2.45, 2.75) is 5.37 Å². The molecule has 0 radical (unpaired) electrons. The second-order valence-corrected chi connectivity index (χ2v) is 6.41. The lowest BCUT2D eigenvalue weighted by Gasteiger charge is -2.22. The molecule has 1 aromatic heterocycles. The minimum atomic E-state index is -0.446. The van der Waals surface area contributed by atoms with Gasteiger partial charge in [-0.05, 0) is 29.8 Å². The summed E-state index contributed by atoms with van der Waals surface area (Å²) in [6, 6.07) is 9.93. The molecule has 122 valence electrons. The highest BCUT2D eigenvalue weighted by Crippen LogP contribution is 2.37. The van der Waals surface area contributed by atoms with Crippen LogP contribution in [0.5, 0.6) is 0 Å². The Morgan fingerprint density at radius 2 is 2.12 bits per heavy atom. The van der Waals surface area contributed by atoms with Crippen molar-refractivity contribution in [1.29, 1.82) is 0 Å². The lowest BCUT2D eigenvalue weighted by atomic mass is 10.2. The van der Waals surface area contributed by atoms with Crippen LogP contribution in [0.3, 0.4) is 0 Å². The summed E-state index contributed by atoms with van der Waals surface area (Å²) in [7, 11) is 0. The second-order valence-electron chi connectivity index (χ2n) is 5.22. The van der Waals surface area contributed by atoms with E-state index in [0.29, 0.717) is 6.54 Å². The van der Waals surface area contributed by atoms with Crippen molar-refractivity contribution < 1.29 is 9.72 Å². The molecular weight excluding hydrogens is 326 g/mol. The van der Waals surface area contributed by atoms with Gasteiger partial charge in [0.05, 0.1) is 4.92 Å². The smallest absolute Gasteiger partial charge is 0.269 e. The van der Waals surface area contributed by atoms with Crippen LogP contribution >= 0.6 is 11.8 Å². The molecule has 1 aliphatic rings. The molecule has 0 spiro atoms. The van der Waals surface area contributed by atoms with Crippen LogP contribution in [-0.4, -0.2) is 33.0 Å². The van der Waals surface area contributed by atoms with E-state index >= 15 is 0 Å². The molecule has 7 heteroatoms. The molecule has 1 fully saturated rings. The highest BCUT2D eigenvalue weighted by atomic mass is 32.2. The van der Waals surface area contributed by atoms with E-state index in [-0.39, 0.29) is 17.0 Å². The van der Waals surface area contributed by atoms with Crippen LogP contribution in [-0.2, 0) is 4.79 Å². The van der Waals surface area contributed by atoms with E-state index in [0.717, 1.165) is 16.9 Å². The average molecular weight is 341 g/mol. The number of nitro benzene ring substituents is 1. The van der Waals surface area contributed by atoms with E-state index in [1.54, 1.807) is 42.4 Å². The number of carbonyl (C=O) groups is 1. The Balaban J connectivity index is 1.70. The molecule has 1 atom stereocenters. The summed E-state index contributed by atoms with van der Waals surface area (Å²) in [6.45, 7) is 0.688. The first-order chi connectivity index (χ1) is 11.6. The first-order valence-electron chi connectivity index (χ1n) is 7.40. The summed E-state index contributed by atoms with van der Waals surface area (Å²) in [5.74, 6) is 0.809. The Hall–Kier alpha value is -2.67. The largest absolute Gasteiger partial charge is 0.322 e. The lowest BCUT2D eigenvalue weighted by Crippen LogP contribution is -2.28. The third kappa shape index (κ3) is 3.62. The molecule has 1 saturated heterocycles. The number of benzene rings is 1. The Labute approximate surface area is 143 Å². The highest BCUT2D eigenvalue weighted by Gasteiger charge is 2.29. The van der Waals surface area contributed by atoms with Crippen molar-refractivity contribution in [1.82, 2.24) is 9.88 Å². The SMILES string of the molecule is O=C(C=Cc1ccc([N+](=O)[O-])cc1)N1CCSC1c1cccnc1. The average Bonchev–Trinajstić information content (AvgIpc) is 3.10. The number of non-ortho nitro benzene ring substituents is 1. The van der Waals surface area contributed by atoms with Crippen LogP contribution in [0.4, 0.5) is 5.69 Å². The van der Waals surface area contributed by atoms with E-state index < -0.39 is 4.92 Å². The van der Waals surface area contributed by atoms with Crippen LogP contribution in [0.1, 0.15) is 16.5 Å². The first-order valence-corrected chi connectivity index (χ1v) is 8.45. The van der Waals surface area contributed by atoms with E-state index in [1.807, 2.05) is 17.0 Å². The molecule has 2 heterocycles. The Morgan fingerprint density at radius 3 is 2.79 bits per heavy atom. The van der Waals surface area contributed by atoms with Gasteiger partial charge in [0.2, 0.25) is 5.91 Å². The maximum atomic E-state index is 12.5. The number of nitrogens with zero attached hydrogens (tertiary/aromatic N) is 3. The zero-order chi connectivity index (χ0) is 16.9. The Kier molecular flexibility index (Phi) is 4.90. The monoisotopic (exact) mass is 341 g/mol. The fourth-order valence-corrected chi connectivity index (χ4v) is 3.71. The number of carbonyl (C=O) groups excluding carboxylic acids is 1. The zero-order valence-electron chi connectivity index (χ0n) is 12.7. The summed E-state index contributed by atoms with van der Waals surface area (Å²) >= 11 is 1.71. The lowest BCUT2D eigenvalue weighted by molar-refractivity contribution is -0.384. The van der Waals surface area contributed by atoms with Crippen LogP contribution < -0.4 is 0 Å². The molecule has 1 aliphatic heterocycles. The molecule has 24 heavy (non-hydrogen) atoms. The molecule has 1 amide bonds. The number of rotatable bonds is 4. The summed E-state index contributed by atoms with van der Waals surface area (Å²) < 4.78 is 0. The minimum absolute atomic E-state index is 0.0206. The number of aromatic nitrogens is 1. The summed E-state index contributed by atoms with van der Waals surface area (Å²) in [5, 5.41) is 10.6. The third-order valence-electron chi connectivity index (χ3n) is 3.67. The molecular formula is C17H15N3O3S. The van der Waals surface area contributed by atoms with Gasteiger partial charge in [0.1, 0.15) is 5.37 Å². The predicted octanol–water partition coefficient (Wildman–Crippen LogP) is 3.28. The number of pyridine rings is 1. The topological polar surface area (TPSA) is 76.3 Å².